The van der Waals surface area contributed by atoms with Gasteiger partial charge in [-0.1, -0.05) is 23.8 Å². The van der Waals surface area contributed by atoms with E-state index < -0.39 is 15.9 Å². The largest absolute Gasteiger partial charge is 0.441 e. The predicted molar refractivity (Wildman–Crippen MR) is 115 cm³/mol. The van der Waals surface area contributed by atoms with Gasteiger partial charge in [0.15, 0.2) is 11.5 Å². The van der Waals surface area contributed by atoms with E-state index in [-0.39, 0.29) is 10.5 Å². The van der Waals surface area contributed by atoms with E-state index in [1.807, 2.05) is 19.1 Å². The van der Waals surface area contributed by atoms with Crippen LogP contribution in [0.2, 0.25) is 0 Å². The van der Waals surface area contributed by atoms with Crippen molar-refractivity contribution in [1.29, 1.82) is 0 Å². The fourth-order valence-corrected chi connectivity index (χ4v) is 4.07. The van der Waals surface area contributed by atoms with Crippen LogP contribution in [-0.4, -0.2) is 19.3 Å². The molecule has 0 spiro atoms. The van der Waals surface area contributed by atoms with Gasteiger partial charge in [-0.25, -0.2) is 13.4 Å². The number of amides is 1. The Kier molecular flexibility index (Phi) is 5.01. The third kappa shape index (κ3) is 4.18. The summed E-state index contributed by atoms with van der Waals surface area (Å²) < 4.78 is 33.4. The van der Waals surface area contributed by atoms with Crippen LogP contribution in [0.25, 0.3) is 11.1 Å². The SMILES string of the molecule is Cc1ccc(NS(=O)(=O)c2cccc(C(=O)Nc3ccc4oc(C)nc4c3)c2)cc1. The normalized spacial score (nSPS) is 11.4. The molecule has 1 aromatic heterocycles. The topological polar surface area (TPSA) is 101 Å². The number of aromatic nitrogens is 1. The molecule has 0 fully saturated rings. The first-order valence-corrected chi connectivity index (χ1v) is 10.7. The van der Waals surface area contributed by atoms with Gasteiger partial charge < -0.3 is 9.73 Å². The molecular weight excluding hydrogens is 402 g/mol. The maximum Gasteiger partial charge on any atom is 0.261 e. The van der Waals surface area contributed by atoms with E-state index in [0.717, 1.165) is 5.56 Å². The lowest BCUT2D eigenvalue weighted by molar-refractivity contribution is 0.102. The van der Waals surface area contributed by atoms with Crippen LogP contribution in [0.15, 0.2) is 76.0 Å². The van der Waals surface area contributed by atoms with Crippen LogP contribution in [0.1, 0.15) is 21.8 Å². The number of hydrogen-bond acceptors (Lipinski definition) is 5. The lowest BCUT2D eigenvalue weighted by Gasteiger charge is -2.10. The smallest absolute Gasteiger partial charge is 0.261 e. The second-order valence-electron chi connectivity index (χ2n) is 6.87. The molecule has 3 aromatic carbocycles. The van der Waals surface area contributed by atoms with Gasteiger partial charge in [-0.2, -0.15) is 0 Å². The maximum absolute atomic E-state index is 12.7. The summed E-state index contributed by atoms with van der Waals surface area (Å²) in [5.74, 6) is 0.106. The molecule has 4 rings (SSSR count). The summed E-state index contributed by atoms with van der Waals surface area (Å²) in [4.78, 5) is 16.9. The summed E-state index contributed by atoms with van der Waals surface area (Å²) in [6.07, 6.45) is 0. The van der Waals surface area contributed by atoms with Crippen molar-refractivity contribution >= 4 is 38.4 Å². The molecule has 0 saturated heterocycles. The minimum Gasteiger partial charge on any atom is -0.441 e. The zero-order chi connectivity index (χ0) is 21.3. The second kappa shape index (κ2) is 7.64. The number of oxazole rings is 1. The fraction of sp³-hybridized carbons (Fsp3) is 0.0909. The van der Waals surface area contributed by atoms with Crippen LogP contribution in [0.3, 0.4) is 0 Å². The number of hydrogen-bond donors (Lipinski definition) is 2. The van der Waals surface area contributed by atoms with Gasteiger partial charge in [0.2, 0.25) is 0 Å². The Labute approximate surface area is 173 Å². The van der Waals surface area contributed by atoms with Crippen molar-refractivity contribution in [1.82, 2.24) is 4.98 Å². The number of sulfonamides is 1. The molecule has 0 unspecified atom stereocenters. The second-order valence-corrected chi connectivity index (χ2v) is 8.55. The van der Waals surface area contributed by atoms with E-state index >= 15 is 0 Å². The molecule has 1 amide bonds. The Morgan fingerprint density at radius 3 is 2.43 bits per heavy atom. The van der Waals surface area contributed by atoms with Gasteiger partial charge in [0.1, 0.15) is 5.52 Å². The predicted octanol–water partition coefficient (Wildman–Crippen LogP) is 4.50. The van der Waals surface area contributed by atoms with E-state index in [1.54, 1.807) is 43.3 Å². The van der Waals surface area contributed by atoms with Gasteiger partial charge >= 0.3 is 0 Å². The molecule has 0 radical (unpaired) electrons. The highest BCUT2D eigenvalue weighted by Gasteiger charge is 2.17. The average molecular weight is 421 g/mol. The van der Waals surface area contributed by atoms with Crippen molar-refractivity contribution in [2.75, 3.05) is 10.0 Å². The fourth-order valence-electron chi connectivity index (χ4n) is 2.96. The first kappa shape index (κ1) is 19.7. The molecular formula is C22H19N3O4S. The van der Waals surface area contributed by atoms with Crippen LogP contribution in [0.5, 0.6) is 0 Å². The van der Waals surface area contributed by atoms with E-state index in [4.69, 9.17) is 4.42 Å². The number of aryl methyl sites for hydroxylation is 2. The molecule has 0 atom stereocenters. The standard InChI is InChI=1S/C22H19N3O4S/c1-14-6-8-17(9-7-14)25-30(27,28)19-5-3-4-16(12-19)22(26)24-18-10-11-21-20(13-18)23-15(2)29-21/h3-13,25H,1-2H3,(H,24,26). The molecule has 0 saturated carbocycles. The molecule has 152 valence electrons. The number of carbonyl (C=O) groups excluding carboxylic acids is 1. The van der Waals surface area contributed by atoms with Crippen molar-refractivity contribution < 1.29 is 17.6 Å². The van der Waals surface area contributed by atoms with Crippen LogP contribution in [-0.2, 0) is 10.0 Å². The van der Waals surface area contributed by atoms with Crippen LogP contribution in [0.4, 0.5) is 11.4 Å². The van der Waals surface area contributed by atoms with Crippen LogP contribution in [0, 0.1) is 13.8 Å². The van der Waals surface area contributed by atoms with E-state index in [1.165, 1.54) is 18.2 Å². The molecule has 0 bridgehead atoms. The minimum atomic E-state index is -3.83. The number of anilines is 2. The summed E-state index contributed by atoms with van der Waals surface area (Å²) in [7, 11) is -3.83. The zero-order valence-electron chi connectivity index (χ0n) is 16.3. The molecule has 0 aliphatic heterocycles. The van der Waals surface area contributed by atoms with E-state index in [9.17, 15) is 13.2 Å². The Morgan fingerprint density at radius 1 is 0.933 bits per heavy atom. The maximum atomic E-state index is 12.7. The third-order valence-corrected chi connectivity index (χ3v) is 5.84. The first-order valence-electron chi connectivity index (χ1n) is 9.18. The third-order valence-electron chi connectivity index (χ3n) is 4.46. The molecule has 2 N–H and O–H groups in total. The number of rotatable bonds is 5. The number of nitrogens with zero attached hydrogens (tertiary/aromatic N) is 1. The van der Waals surface area contributed by atoms with E-state index in [2.05, 4.69) is 15.0 Å². The molecule has 0 aliphatic rings. The average Bonchev–Trinajstić information content (AvgIpc) is 3.09. The first-order chi connectivity index (χ1) is 14.3. The lowest BCUT2D eigenvalue weighted by Crippen LogP contribution is -2.16. The van der Waals surface area contributed by atoms with Gasteiger partial charge in [-0.3, -0.25) is 9.52 Å². The zero-order valence-corrected chi connectivity index (χ0v) is 17.2. The summed E-state index contributed by atoms with van der Waals surface area (Å²) in [5.41, 5.74) is 3.48. The van der Waals surface area contributed by atoms with Gasteiger partial charge in [-0.15, -0.1) is 0 Å². The van der Waals surface area contributed by atoms with Crippen molar-refractivity contribution in [2.24, 2.45) is 0 Å². The molecule has 0 aliphatic carbocycles. The van der Waals surface area contributed by atoms with Crippen LogP contribution >= 0.6 is 0 Å². The number of fused-ring (bicyclic) bond motifs is 1. The highest BCUT2D eigenvalue weighted by atomic mass is 32.2. The quantitative estimate of drug-likeness (QED) is 0.494. The Hall–Kier alpha value is -3.65. The summed E-state index contributed by atoms with van der Waals surface area (Å²) >= 11 is 0. The molecule has 30 heavy (non-hydrogen) atoms. The Balaban J connectivity index is 1.55. The molecule has 7 nitrogen and oxygen atoms in total. The number of benzene rings is 3. The van der Waals surface area contributed by atoms with Crippen molar-refractivity contribution in [3.05, 3.63) is 83.7 Å². The molecule has 4 aromatic rings. The number of nitrogens with one attached hydrogen (secondary N) is 2. The summed E-state index contributed by atoms with van der Waals surface area (Å²) in [6.45, 7) is 3.66. The molecule has 1 heterocycles. The monoisotopic (exact) mass is 421 g/mol. The Bertz CT molecular complexity index is 1340. The van der Waals surface area contributed by atoms with E-state index in [0.29, 0.717) is 28.4 Å². The van der Waals surface area contributed by atoms with Gasteiger partial charge in [0.25, 0.3) is 15.9 Å². The van der Waals surface area contributed by atoms with Crippen LogP contribution < -0.4 is 10.0 Å². The Morgan fingerprint density at radius 2 is 1.67 bits per heavy atom. The van der Waals surface area contributed by atoms with Crippen molar-refractivity contribution in [3.63, 3.8) is 0 Å². The highest BCUT2D eigenvalue weighted by molar-refractivity contribution is 7.92. The molecule has 8 heteroatoms. The summed E-state index contributed by atoms with van der Waals surface area (Å²) in [5, 5.41) is 2.76. The highest BCUT2D eigenvalue weighted by Crippen LogP contribution is 2.21. The van der Waals surface area contributed by atoms with Gasteiger partial charge in [0.05, 0.1) is 4.90 Å². The van der Waals surface area contributed by atoms with Gasteiger partial charge in [0, 0.05) is 23.9 Å². The summed E-state index contributed by atoms with van der Waals surface area (Å²) in [6, 6.07) is 18.0. The van der Waals surface area contributed by atoms with Crippen molar-refractivity contribution in [3.8, 4) is 0 Å². The van der Waals surface area contributed by atoms with Gasteiger partial charge in [-0.05, 0) is 55.5 Å². The number of carbonyl (C=O) groups is 1. The minimum absolute atomic E-state index is 0.00157. The lowest BCUT2D eigenvalue weighted by atomic mass is 10.2. The van der Waals surface area contributed by atoms with Crippen molar-refractivity contribution in [2.45, 2.75) is 18.7 Å².